The van der Waals surface area contributed by atoms with Crippen LogP contribution in [0.15, 0.2) is 0 Å². The number of hydrazine groups is 1. The highest BCUT2D eigenvalue weighted by Gasteiger charge is 2.66. The first-order valence-corrected chi connectivity index (χ1v) is 10.4. The van der Waals surface area contributed by atoms with Gasteiger partial charge in [0.25, 0.3) is 0 Å². The Labute approximate surface area is 162 Å². The van der Waals surface area contributed by atoms with Crippen LogP contribution >= 0.6 is 0 Å². The van der Waals surface area contributed by atoms with E-state index in [2.05, 4.69) is 99.3 Å². The van der Waals surface area contributed by atoms with Crippen LogP contribution in [0.25, 0.3) is 0 Å². The summed E-state index contributed by atoms with van der Waals surface area (Å²) in [6.07, 6.45) is 2.06. The first-order chi connectivity index (χ1) is 12.2. The normalized spacial score (nSPS) is 33.3. The maximum absolute atomic E-state index is 3.96. The van der Waals surface area contributed by atoms with E-state index in [9.17, 15) is 0 Å². The van der Waals surface area contributed by atoms with Crippen LogP contribution in [-0.2, 0) is 0 Å². The Hall–Kier alpha value is -0.280. The molecule has 3 atom stereocenters. The highest BCUT2D eigenvalue weighted by molar-refractivity contribution is 5.21. The van der Waals surface area contributed by atoms with E-state index in [1.54, 1.807) is 0 Å². The van der Waals surface area contributed by atoms with Crippen molar-refractivity contribution >= 4 is 0 Å². The van der Waals surface area contributed by atoms with Crippen molar-refractivity contribution in [2.75, 3.05) is 47.3 Å². The lowest BCUT2D eigenvalue weighted by atomic mass is 9.73. The number of rotatable bonds is 11. The summed E-state index contributed by atoms with van der Waals surface area (Å²) in [4.78, 5) is 2.33. The molecule has 0 aromatic heterocycles. The molecule has 3 unspecified atom stereocenters. The smallest absolute Gasteiger partial charge is 0.135 e. The Kier molecular flexibility index (Phi) is 8.93. The van der Waals surface area contributed by atoms with Gasteiger partial charge in [0, 0.05) is 19.1 Å². The third-order valence-electron chi connectivity index (χ3n) is 5.86. The van der Waals surface area contributed by atoms with E-state index in [-0.39, 0.29) is 11.3 Å². The van der Waals surface area contributed by atoms with Crippen molar-refractivity contribution in [3.8, 4) is 0 Å². The quantitative estimate of drug-likeness (QED) is 0.343. The summed E-state index contributed by atoms with van der Waals surface area (Å²) in [5.74, 6) is 0. The van der Waals surface area contributed by atoms with E-state index < -0.39 is 5.66 Å². The zero-order valence-electron chi connectivity index (χ0n) is 18.7. The lowest BCUT2D eigenvalue weighted by Gasteiger charge is -2.68. The van der Waals surface area contributed by atoms with Gasteiger partial charge in [0.1, 0.15) is 17.0 Å². The molecule has 1 fully saturated rings. The molecule has 0 amide bonds. The predicted molar refractivity (Wildman–Crippen MR) is 112 cm³/mol. The Bertz CT molecular complexity index is 417. The van der Waals surface area contributed by atoms with Crippen LogP contribution in [-0.4, -0.2) is 80.3 Å². The van der Waals surface area contributed by atoms with Crippen molar-refractivity contribution in [2.45, 2.75) is 77.4 Å². The molecule has 0 spiro atoms. The largest absolute Gasteiger partial charge is 0.300 e. The summed E-state index contributed by atoms with van der Waals surface area (Å²) in [5.41, 5.74) is 2.60. The summed E-state index contributed by atoms with van der Waals surface area (Å²) >= 11 is 0. The molecular weight excluding hydrogens is 326 g/mol. The zero-order valence-corrected chi connectivity index (χ0v) is 18.7. The fraction of sp³-hybridized carbons (Fsp3) is 1.00. The minimum Gasteiger partial charge on any atom is -0.300 e. The second-order valence-electron chi connectivity index (χ2n) is 7.99. The summed E-state index contributed by atoms with van der Waals surface area (Å²) in [6, 6.07) is 0.326. The lowest BCUT2D eigenvalue weighted by Crippen LogP contribution is -2.95. The molecule has 0 aliphatic carbocycles. The third kappa shape index (κ3) is 3.94. The molecule has 1 saturated heterocycles. The zero-order chi connectivity index (χ0) is 20.0. The summed E-state index contributed by atoms with van der Waals surface area (Å²) in [6.45, 7) is 17.1. The predicted octanol–water partition coefficient (Wildman–Crippen LogP) is 0.714. The van der Waals surface area contributed by atoms with Crippen LogP contribution in [0.4, 0.5) is 0 Å². The number of piperidine rings is 1. The second-order valence-corrected chi connectivity index (χ2v) is 7.99. The fourth-order valence-corrected chi connectivity index (χ4v) is 4.59. The Morgan fingerprint density at radius 3 is 2.15 bits per heavy atom. The lowest BCUT2D eigenvalue weighted by molar-refractivity contribution is -0.199. The van der Waals surface area contributed by atoms with E-state index in [1.165, 1.54) is 0 Å². The monoisotopic (exact) mass is 371 g/mol. The molecule has 1 aliphatic heterocycles. The van der Waals surface area contributed by atoms with Crippen LogP contribution in [0.2, 0.25) is 0 Å². The van der Waals surface area contributed by atoms with Crippen LogP contribution in [0, 0.1) is 0 Å². The molecule has 26 heavy (non-hydrogen) atoms. The van der Waals surface area contributed by atoms with Gasteiger partial charge in [-0.2, -0.15) is 0 Å². The number of hydrogen-bond acceptors (Lipinski definition) is 7. The van der Waals surface area contributed by atoms with E-state index in [0.717, 1.165) is 39.0 Å². The van der Waals surface area contributed by atoms with Gasteiger partial charge >= 0.3 is 0 Å². The maximum Gasteiger partial charge on any atom is 0.135 e. The fourth-order valence-electron chi connectivity index (χ4n) is 4.59. The Balaban J connectivity index is 3.67. The third-order valence-corrected chi connectivity index (χ3v) is 5.86. The molecule has 7 heteroatoms. The van der Waals surface area contributed by atoms with Gasteiger partial charge in [-0.1, -0.05) is 20.8 Å². The minimum absolute atomic E-state index is 0.286. The molecule has 0 bridgehead atoms. The van der Waals surface area contributed by atoms with Gasteiger partial charge < -0.3 is 0 Å². The standard InChI is InChI=1S/C19H45N7/c1-10-14-22-19(24-16(4)5)17(6,25(8)9)26(23-12-3)15-13-18(19,20-7)21-11-2/h16,20-24H,10-15H2,1-9H3. The van der Waals surface area contributed by atoms with Gasteiger partial charge in [0.05, 0.1) is 0 Å². The molecule has 0 saturated carbocycles. The topological polar surface area (TPSA) is 66.6 Å². The van der Waals surface area contributed by atoms with Crippen molar-refractivity contribution in [1.29, 1.82) is 0 Å². The SMILES string of the molecule is CCCNC1(NC(C)C)C(NC)(NCC)CCN(NCC)C1(C)N(C)C. The molecular formula is C19H45N7. The first kappa shape index (κ1) is 23.8. The number of nitrogens with zero attached hydrogens (tertiary/aromatic N) is 2. The summed E-state index contributed by atoms with van der Waals surface area (Å²) in [7, 11) is 6.42. The Morgan fingerprint density at radius 2 is 1.73 bits per heavy atom. The molecule has 5 N–H and O–H groups in total. The molecule has 1 aliphatic rings. The van der Waals surface area contributed by atoms with Crippen LogP contribution < -0.4 is 26.7 Å². The molecule has 156 valence electrons. The van der Waals surface area contributed by atoms with Crippen molar-refractivity contribution in [2.24, 2.45) is 0 Å². The second kappa shape index (κ2) is 9.78. The minimum atomic E-state index is -0.418. The Morgan fingerprint density at radius 1 is 1.08 bits per heavy atom. The van der Waals surface area contributed by atoms with E-state index in [1.807, 2.05) is 0 Å². The average molecular weight is 372 g/mol. The molecule has 1 rings (SSSR count). The van der Waals surface area contributed by atoms with E-state index in [0.29, 0.717) is 6.04 Å². The van der Waals surface area contributed by atoms with Crippen LogP contribution in [0.5, 0.6) is 0 Å². The average Bonchev–Trinajstić information content (AvgIpc) is 2.58. The molecule has 1 heterocycles. The van der Waals surface area contributed by atoms with Crippen molar-refractivity contribution in [1.82, 2.24) is 36.6 Å². The number of likely N-dealkylation sites (N-methyl/N-ethyl adjacent to an activating group) is 3. The van der Waals surface area contributed by atoms with Gasteiger partial charge in [0.15, 0.2) is 0 Å². The van der Waals surface area contributed by atoms with Gasteiger partial charge in [-0.05, 0) is 67.8 Å². The van der Waals surface area contributed by atoms with Gasteiger partial charge in [-0.25, -0.2) is 5.01 Å². The molecule has 0 aromatic rings. The maximum atomic E-state index is 3.96. The van der Waals surface area contributed by atoms with Gasteiger partial charge in [-0.15, -0.1) is 0 Å². The molecule has 7 nitrogen and oxygen atoms in total. The first-order valence-electron chi connectivity index (χ1n) is 10.4. The summed E-state index contributed by atoms with van der Waals surface area (Å²) < 4.78 is 0. The van der Waals surface area contributed by atoms with E-state index >= 15 is 0 Å². The number of hydrogen-bond donors (Lipinski definition) is 5. The van der Waals surface area contributed by atoms with Crippen molar-refractivity contribution < 1.29 is 0 Å². The molecule has 0 radical (unpaired) electrons. The molecule has 0 aromatic carbocycles. The van der Waals surface area contributed by atoms with Crippen molar-refractivity contribution in [3.63, 3.8) is 0 Å². The van der Waals surface area contributed by atoms with Crippen molar-refractivity contribution in [3.05, 3.63) is 0 Å². The summed E-state index contributed by atoms with van der Waals surface area (Å²) in [5, 5.41) is 17.8. The highest BCUT2D eigenvalue weighted by Crippen LogP contribution is 2.41. The highest BCUT2D eigenvalue weighted by atomic mass is 15.7. The van der Waals surface area contributed by atoms with Gasteiger partial charge in [0.2, 0.25) is 0 Å². The van der Waals surface area contributed by atoms with Gasteiger partial charge in [-0.3, -0.25) is 31.6 Å². The number of nitrogens with one attached hydrogen (secondary N) is 5. The van der Waals surface area contributed by atoms with Crippen LogP contribution in [0.1, 0.15) is 54.4 Å². The van der Waals surface area contributed by atoms with Crippen LogP contribution in [0.3, 0.4) is 0 Å². The van der Waals surface area contributed by atoms with E-state index in [4.69, 9.17) is 0 Å².